The van der Waals surface area contributed by atoms with Crippen LogP contribution in [0.3, 0.4) is 0 Å². The molecule has 0 bridgehead atoms. The Kier molecular flexibility index (Phi) is 4.01. The molecule has 4 nitrogen and oxygen atoms in total. The monoisotopic (exact) mass is 339 g/mol. The lowest BCUT2D eigenvalue weighted by Gasteiger charge is -2.39. The zero-order valence-corrected chi connectivity index (χ0v) is 12.9. The Balaban J connectivity index is 2.38. The highest BCUT2D eigenvalue weighted by Gasteiger charge is 2.34. The molecule has 110 valence electrons. The molecular weight excluding hydrogens is 328 g/mol. The Labute approximate surface area is 125 Å². The molecule has 0 aromatic heterocycles. The number of nitrogens with one attached hydrogen (secondary N) is 1. The summed E-state index contributed by atoms with van der Waals surface area (Å²) in [5.74, 6) is -1.63. The Hall–Kier alpha value is -0.850. The van der Waals surface area contributed by atoms with E-state index in [4.69, 9.17) is 22.3 Å². The van der Waals surface area contributed by atoms with Crippen LogP contribution in [0.4, 0.5) is 4.39 Å². The summed E-state index contributed by atoms with van der Waals surface area (Å²) >= 11 is 5.80. The minimum Gasteiger partial charge on any atom is -0.347 e. The first-order valence-electron chi connectivity index (χ1n) is 5.89. The Morgan fingerprint density at radius 3 is 2.45 bits per heavy atom. The smallest absolute Gasteiger partial charge is 0.264 e. The van der Waals surface area contributed by atoms with Gasteiger partial charge in [0.2, 0.25) is 0 Å². The molecular formula is C12H12Cl2FNO3S. The largest absolute Gasteiger partial charge is 0.347 e. The van der Waals surface area contributed by atoms with Crippen molar-refractivity contribution in [2.45, 2.75) is 36.6 Å². The molecule has 0 atom stereocenters. The normalized spacial score (nSPS) is 17.4. The average molecular weight is 340 g/mol. The van der Waals surface area contributed by atoms with Gasteiger partial charge < -0.3 is 5.32 Å². The first kappa shape index (κ1) is 15.5. The minimum absolute atomic E-state index is 0.111. The number of rotatable bonds is 3. The molecule has 0 unspecified atom stereocenters. The molecule has 1 aliphatic carbocycles. The van der Waals surface area contributed by atoms with Crippen molar-refractivity contribution in [3.63, 3.8) is 0 Å². The second-order valence-electron chi connectivity index (χ2n) is 5.07. The summed E-state index contributed by atoms with van der Waals surface area (Å²) in [7, 11) is 0.839. The molecule has 0 heterocycles. The Morgan fingerprint density at radius 2 is 2.00 bits per heavy atom. The average Bonchev–Trinajstić information content (AvgIpc) is 2.24. The number of benzene rings is 1. The van der Waals surface area contributed by atoms with Crippen LogP contribution in [0.2, 0.25) is 5.02 Å². The lowest BCUT2D eigenvalue weighted by molar-refractivity contribution is 0.0850. The van der Waals surface area contributed by atoms with E-state index in [9.17, 15) is 17.6 Å². The highest BCUT2D eigenvalue weighted by molar-refractivity contribution is 8.13. The third-order valence-electron chi connectivity index (χ3n) is 3.40. The van der Waals surface area contributed by atoms with Crippen LogP contribution in [0.25, 0.3) is 0 Å². The van der Waals surface area contributed by atoms with Gasteiger partial charge in [-0.3, -0.25) is 4.79 Å². The van der Waals surface area contributed by atoms with Crippen molar-refractivity contribution < 1.29 is 17.6 Å². The van der Waals surface area contributed by atoms with Gasteiger partial charge in [-0.15, -0.1) is 0 Å². The molecule has 1 aromatic carbocycles. The van der Waals surface area contributed by atoms with Gasteiger partial charge in [0.15, 0.2) is 0 Å². The Morgan fingerprint density at radius 1 is 1.40 bits per heavy atom. The van der Waals surface area contributed by atoms with E-state index in [2.05, 4.69) is 5.32 Å². The maximum absolute atomic E-state index is 13.5. The van der Waals surface area contributed by atoms with Gasteiger partial charge in [-0.05, 0) is 38.3 Å². The number of hydrogen-bond acceptors (Lipinski definition) is 3. The van der Waals surface area contributed by atoms with Crippen molar-refractivity contribution >= 4 is 37.2 Å². The van der Waals surface area contributed by atoms with Crippen LogP contribution in [-0.4, -0.2) is 19.9 Å². The second kappa shape index (κ2) is 5.16. The minimum atomic E-state index is -4.28. The van der Waals surface area contributed by atoms with Gasteiger partial charge in [-0.2, -0.15) is 0 Å². The fraction of sp³-hybridized carbons (Fsp3) is 0.417. The van der Waals surface area contributed by atoms with E-state index in [0.717, 1.165) is 31.4 Å². The molecule has 1 saturated carbocycles. The van der Waals surface area contributed by atoms with Crippen molar-refractivity contribution in [3.05, 3.63) is 28.5 Å². The summed E-state index contributed by atoms with van der Waals surface area (Å²) in [5, 5.41) is 2.60. The number of carbonyl (C=O) groups is 1. The number of hydrogen-bond donors (Lipinski definition) is 1. The predicted octanol–water partition coefficient (Wildman–Crippen LogP) is 3.08. The van der Waals surface area contributed by atoms with Crippen LogP contribution in [0.15, 0.2) is 17.0 Å². The van der Waals surface area contributed by atoms with Crippen molar-refractivity contribution in [2.24, 2.45) is 0 Å². The summed E-state index contributed by atoms with van der Waals surface area (Å²) in [6.07, 6.45) is 2.67. The molecule has 0 radical (unpaired) electrons. The number of halogens is 3. The molecule has 0 saturated heterocycles. The van der Waals surface area contributed by atoms with Crippen LogP contribution in [-0.2, 0) is 9.05 Å². The van der Waals surface area contributed by atoms with Crippen molar-refractivity contribution in [1.29, 1.82) is 0 Å². The molecule has 1 aromatic rings. The third kappa shape index (κ3) is 3.07. The van der Waals surface area contributed by atoms with Crippen LogP contribution in [0, 0.1) is 5.82 Å². The van der Waals surface area contributed by atoms with Gasteiger partial charge in [0.1, 0.15) is 10.7 Å². The van der Waals surface area contributed by atoms with E-state index in [-0.39, 0.29) is 16.1 Å². The summed E-state index contributed by atoms with van der Waals surface area (Å²) in [5.41, 5.74) is -0.435. The predicted molar refractivity (Wildman–Crippen MR) is 74.2 cm³/mol. The lowest BCUT2D eigenvalue weighted by atomic mass is 9.78. The first-order chi connectivity index (χ1) is 9.12. The van der Waals surface area contributed by atoms with Crippen LogP contribution in [0.1, 0.15) is 36.5 Å². The summed E-state index contributed by atoms with van der Waals surface area (Å²) in [4.78, 5) is 11.4. The Bertz CT molecular complexity index is 672. The zero-order chi connectivity index (χ0) is 15.1. The fourth-order valence-corrected chi connectivity index (χ4v) is 3.20. The summed E-state index contributed by atoms with van der Waals surface area (Å²) < 4.78 is 36.0. The molecule has 1 aliphatic rings. The summed E-state index contributed by atoms with van der Waals surface area (Å²) in [6.45, 7) is 1.88. The maximum atomic E-state index is 13.5. The van der Waals surface area contributed by atoms with Gasteiger partial charge in [0.25, 0.3) is 15.0 Å². The third-order valence-corrected chi connectivity index (χ3v) is 5.05. The maximum Gasteiger partial charge on any atom is 0.264 e. The van der Waals surface area contributed by atoms with E-state index in [1.165, 1.54) is 0 Å². The molecule has 0 spiro atoms. The van der Waals surface area contributed by atoms with Crippen LogP contribution >= 0.6 is 22.3 Å². The molecule has 0 aliphatic heterocycles. The van der Waals surface area contributed by atoms with Gasteiger partial charge in [-0.1, -0.05) is 11.6 Å². The molecule has 2 rings (SSSR count). The molecule has 8 heteroatoms. The quantitative estimate of drug-likeness (QED) is 0.860. The SMILES string of the molecule is CC1(NC(=O)c2cc(S(=O)(=O)Cl)c(F)cc2Cl)CCC1. The zero-order valence-electron chi connectivity index (χ0n) is 10.5. The van der Waals surface area contributed by atoms with Gasteiger partial charge in [-0.25, -0.2) is 12.8 Å². The second-order valence-corrected chi connectivity index (χ2v) is 8.01. The van der Waals surface area contributed by atoms with E-state index in [1.807, 2.05) is 6.92 Å². The van der Waals surface area contributed by atoms with E-state index >= 15 is 0 Å². The lowest BCUT2D eigenvalue weighted by Crippen LogP contribution is -2.51. The number of amides is 1. The van der Waals surface area contributed by atoms with Crippen molar-refractivity contribution in [3.8, 4) is 0 Å². The van der Waals surface area contributed by atoms with E-state index < -0.39 is 25.7 Å². The highest BCUT2D eigenvalue weighted by atomic mass is 35.7. The standard InChI is InChI=1S/C12H12Cl2FNO3S/c1-12(3-2-4-12)16-11(17)7-5-10(20(14,18)19)9(15)6-8(7)13/h5-6H,2-4H2,1H3,(H,16,17). The highest BCUT2D eigenvalue weighted by Crippen LogP contribution is 2.32. The summed E-state index contributed by atoms with van der Waals surface area (Å²) in [6, 6.07) is 1.63. The van der Waals surface area contributed by atoms with Crippen LogP contribution in [0.5, 0.6) is 0 Å². The van der Waals surface area contributed by atoms with Crippen LogP contribution < -0.4 is 5.32 Å². The van der Waals surface area contributed by atoms with Gasteiger partial charge in [0, 0.05) is 16.2 Å². The molecule has 1 amide bonds. The van der Waals surface area contributed by atoms with Gasteiger partial charge in [0.05, 0.1) is 10.6 Å². The molecule has 1 fully saturated rings. The fourth-order valence-electron chi connectivity index (χ4n) is 2.06. The first-order valence-corrected chi connectivity index (χ1v) is 8.57. The molecule has 20 heavy (non-hydrogen) atoms. The number of carbonyl (C=O) groups excluding carboxylic acids is 1. The van der Waals surface area contributed by atoms with E-state index in [1.54, 1.807) is 0 Å². The van der Waals surface area contributed by atoms with Crippen molar-refractivity contribution in [2.75, 3.05) is 0 Å². The molecule has 1 N–H and O–H groups in total. The van der Waals surface area contributed by atoms with Crippen molar-refractivity contribution in [1.82, 2.24) is 5.32 Å². The van der Waals surface area contributed by atoms with Gasteiger partial charge >= 0.3 is 0 Å². The van der Waals surface area contributed by atoms with E-state index in [0.29, 0.717) is 0 Å². The topological polar surface area (TPSA) is 63.2 Å².